The van der Waals surface area contributed by atoms with Crippen molar-refractivity contribution >= 4 is 17.4 Å². The first-order chi connectivity index (χ1) is 12.2. The second kappa shape index (κ2) is 8.51. The van der Waals surface area contributed by atoms with Crippen molar-refractivity contribution in [1.29, 1.82) is 0 Å². The lowest BCUT2D eigenvalue weighted by molar-refractivity contribution is -0.119. The van der Waals surface area contributed by atoms with Gasteiger partial charge in [-0.1, -0.05) is 0 Å². The first kappa shape index (κ1) is 20.2. The number of nitrogens with one attached hydrogen (secondary N) is 2. The molecule has 1 amide bonds. The number of β-amino-alcohol motifs (C(OH)–C–C–N with tert-alkyl or cyclic N) is 1. The van der Waals surface area contributed by atoms with Crippen molar-refractivity contribution < 1.29 is 24.2 Å². The van der Waals surface area contributed by atoms with Crippen molar-refractivity contribution in [3.63, 3.8) is 0 Å². The maximum atomic E-state index is 11.8. The third kappa shape index (κ3) is 6.00. The molecule has 0 fully saturated rings. The molecule has 0 saturated heterocycles. The molecular weight excluding hydrogens is 336 g/mol. The number of carbonyl (C=O) groups is 2. The number of amides is 1. The highest BCUT2D eigenvalue weighted by atomic mass is 16.5. The lowest BCUT2D eigenvalue weighted by Gasteiger charge is -2.25. The minimum absolute atomic E-state index is 0.0559. The molecule has 0 bridgehead atoms. The third-order valence-corrected chi connectivity index (χ3v) is 3.83. The first-order valence-corrected chi connectivity index (χ1v) is 8.79. The van der Waals surface area contributed by atoms with Gasteiger partial charge in [0.2, 0.25) is 5.91 Å². The number of ketones is 1. The summed E-state index contributed by atoms with van der Waals surface area (Å²) in [5, 5.41) is 16.1. The van der Waals surface area contributed by atoms with Crippen molar-refractivity contribution in [3.05, 3.63) is 17.7 Å². The summed E-state index contributed by atoms with van der Waals surface area (Å²) in [6.45, 7) is 8.02. The zero-order valence-electron chi connectivity index (χ0n) is 15.8. The Labute approximate surface area is 154 Å². The maximum Gasteiger partial charge on any atom is 0.224 e. The van der Waals surface area contributed by atoms with E-state index in [1.807, 2.05) is 20.8 Å². The van der Waals surface area contributed by atoms with E-state index in [-0.39, 0.29) is 30.4 Å². The first-order valence-electron chi connectivity index (χ1n) is 8.79. The zero-order valence-corrected chi connectivity index (χ0v) is 15.8. The number of hydrogen-bond acceptors (Lipinski definition) is 6. The highest BCUT2D eigenvalue weighted by molar-refractivity contribution is 5.96. The van der Waals surface area contributed by atoms with Crippen LogP contribution >= 0.6 is 0 Å². The Morgan fingerprint density at radius 3 is 2.62 bits per heavy atom. The van der Waals surface area contributed by atoms with Crippen LogP contribution in [0.15, 0.2) is 12.1 Å². The fourth-order valence-corrected chi connectivity index (χ4v) is 2.54. The molecule has 1 unspecified atom stereocenters. The summed E-state index contributed by atoms with van der Waals surface area (Å²) in [4.78, 5) is 22.9. The van der Waals surface area contributed by atoms with Crippen molar-refractivity contribution in [2.75, 3.05) is 25.1 Å². The number of anilines is 1. The molecule has 0 saturated carbocycles. The van der Waals surface area contributed by atoms with Gasteiger partial charge in [0, 0.05) is 24.1 Å². The molecule has 2 rings (SSSR count). The average Bonchev–Trinajstić information content (AvgIpc) is 2.55. The summed E-state index contributed by atoms with van der Waals surface area (Å²) in [5.74, 6) is 0.850. The van der Waals surface area contributed by atoms with Crippen molar-refractivity contribution in [2.24, 2.45) is 0 Å². The molecule has 1 atom stereocenters. The van der Waals surface area contributed by atoms with E-state index in [1.165, 1.54) is 6.92 Å². The molecule has 7 heteroatoms. The average molecular weight is 364 g/mol. The number of benzene rings is 1. The Morgan fingerprint density at radius 1 is 1.27 bits per heavy atom. The van der Waals surface area contributed by atoms with Crippen LogP contribution in [0.4, 0.5) is 5.69 Å². The van der Waals surface area contributed by atoms with Crippen LogP contribution in [0.25, 0.3) is 0 Å². The summed E-state index contributed by atoms with van der Waals surface area (Å²) >= 11 is 0. The number of aliphatic hydroxyl groups excluding tert-OH is 1. The Balaban J connectivity index is 2.08. The molecule has 0 aromatic heterocycles. The van der Waals surface area contributed by atoms with Crippen LogP contribution in [0, 0.1) is 0 Å². The Hall–Kier alpha value is -2.12. The van der Waals surface area contributed by atoms with Crippen LogP contribution in [0.3, 0.4) is 0 Å². The van der Waals surface area contributed by atoms with Gasteiger partial charge in [0.05, 0.1) is 5.69 Å². The van der Waals surface area contributed by atoms with E-state index >= 15 is 0 Å². The van der Waals surface area contributed by atoms with E-state index in [9.17, 15) is 14.7 Å². The highest BCUT2D eigenvalue weighted by Gasteiger charge is 2.23. The number of rotatable bonds is 8. The second-order valence-corrected chi connectivity index (χ2v) is 7.55. The van der Waals surface area contributed by atoms with Gasteiger partial charge in [-0.3, -0.25) is 9.59 Å². The van der Waals surface area contributed by atoms with E-state index in [0.717, 1.165) is 5.56 Å². The molecule has 26 heavy (non-hydrogen) atoms. The third-order valence-electron chi connectivity index (χ3n) is 3.83. The van der Waals surface area contributed by atoms with Crippen molar-refractivity contribution in [1.82, 2.24) is 5.32 Å². The lowest BCUT2D eigenvalue weighted by Crippen LogP contribution is -2.42. The topological polar surface area (TPSA) is 96.9 Å². The highest BCUT2D eigenvalue weighted by Crippen LogP contribution is 2.38. The van der Waals surface area contributed by atoms with E-state index in [2.05, 4.69) is 10.6 Å². The van der Waals surface area contributed by atoms with Crippen LogP contribution in [-0.2, 0) is 16.0 Å². The zero-order chi connectivity index (χ0) is 19.3. The molecule has 1 aliphatic rings. The van der Waals surface area contributed by atoms with Crippen LogP contribution in [0.1, 0.15) is 39.7 Å². The van der Waals surface area contributed by atoms with Gasteiger partial charge in [-0.05, 0) is 46.2 Å². The van der Waals surface area contributed by atoms with Gasteiger partial charge in [0.25, 0.3) is 0 Å². The largest absolute Gasteiger partial charge is 0.490 e. The van der Waals surface area contributed by atoms with Gasteiger partial charge in [-0.2, -0.15) is 0 Å². The van der Waals surface area contributed by atoms with Crippen molar-refractivity contribution in [3.8, 4) is 11.5 Å². The fourth-order valence-electron chi connectivity index (χ4n) is 2.54. The summed E-state index contributed by atoms with van der Waals surface area (Å²) in [6.07, 6.45) is 0.217. The number of carbonyl (C=O) groups excluding carboxylic acids is 2. The molecule has 1 aromatic carbocycles. The molecule has 1 heterocycles. The lowest BCUT2D eigenvalue weighted by atomic mass is 10.0. The minimum atomic E-state index is -0.656. The predicted octanol–water partition coefficient (Wildman–Crippen LogP) is 1.67. The summed E-state index contributed by atoms with van der Waals surface area (Å²) < 4.78 is 11.3. The van der Waals surface area contributed by atoms with Crippen LogP contribution < -0.4 is 20.1 Å². The van der Waals surface area contributed by atoms with Gasteiger partial charge in [0.15, 0.2) is 5.78 Å². The van der Waals surface area contributed by atoms with Crippen LogP contribution in [-0.4, -0.2) is 48.2 Å². The number of aliphatic hydroxyl groups is 1. The fraction of sp³-hybridized carbons (Fsp3) is 0.579. The Morgan fingerprint density at radius 2 is 1.96 bits per heavy atom. The Kier molecular flexibility index (Phi) is 6.61. The molecule has 144 valence electrons. The molecule has 1 aromatic rings. The second-order valence-electron chi connectivity index (χ2n) is 7.55. The molecule has 0 aliphatic carbocycles. The Bertz CT molecular complexity index is 667. The predicted molar refractivity (Wildman–Crippen MR) is 98.8 cm³/mol. The quantitative estimate of drug-likeness (QED) is 0.649. The number of fused-ring (bicyclic) bond motifs is 1. The summed E-state index contributed by atoms with van der Waals surface area (Å²) in [5.41, 5.74) is 1.28. The SMILES string of the molecule is CC(=O)COc1ccc(OCC(O)CNC(C)(C)C)c2c1NC(=O)CC2. The van der Waals surface area contributed by atoms with Crippen molar-refractivity contribution in [2.45, 2.75) is 52.2 Å². The molecule has 3 N–H and O–H groups in total. The summed E-state index contributed by atoms with van der Waals surface area (Å²) in [6, 6.07) is 3.41. The number of hydrogen-bond donors (Lipinski definition) is 3. The van der Waals surface area contributed by atoms with Gasteiger partial charge >= 0.3 is 0 Å². The normalized spacial score (nSPS) is 15.0. The van der Waals surface area contributed by atoms with Gasteiger partial charge in [-0.25, -0.2) is 0 Å². The molecule has 0 radical (unpaired) electrons. The van der Waals surface area contributed by atoms with E-state index < -0.39 is 6.10 Å². The number of Topliss-reactive ketones (excluding diaryl/α,β-unsaturated/α-hetero) is 1. The molecule has 1 aliphatic heterocycles. The minimum Gasteiger partial charge on any atom is -0.490 e. The molecule has 0 spiro atoms. The van der Waals surface area contributed by atoms with Gasteiger partial charge < -0.3 is 25.2 Å². The van der Waals surface area contributed by atoms with Gasteiger partial charge in [-0.15, -0.1) is 0 Å². The standard InChI is InChI=1S/C19H28N2O5/c1-12(22)10-25-16-7-6-15(14-5-8-17(24)21-18(14)16)26-11-13(23)9-20-19(2,3)4/h6-7,13,20,23H,5,8-11H2,1-4H3,(H,21,24). The van der Waals surface area contributed by atoms with E-state index in [4.69, 9.17) is 9.47 Å². The van der Waals surface area contributed by atoms with Crippen LogP contribution in [0.2, 0.25) is 0 Å². The smallest absolute Gasteiger partial charge is 0.224 e. The molecule has 7 nitrogen and oxygen atoms in total. The van der Waals surface area contributed by atoms with E-state index in [0.29, 0.717) is 36.6 Å². The van der Waals surface area contributed by atoms with E-state index in [1.54, 1.807) is 12.1 Å². The maximum absolute atomic E-state index is 11.8. The molecular formula is C19H28N2O5. The van der Waals surface area contributed by atoms with Crippen LogP contribution in [0.5, 0.6) is 11.5 Å². The summed E-state index contributed by atoms with van der Waals surface area (Å²) in [7, 11) is 0. The van der Waals surface area contributed by atoms with Gasteiger partial charge in [0.1, 0.15) is 30.8 Å². The number of ether oxygens (including phenoxy) is 2. The monoisotopic (exact) mass is 364 g/mol.